The van der Waals surface area contributed by atoms with Gasteiger partial charge in [-0.15, -0.1) is 0 Å². The number of hydrogen-bond donors (Lipinski definition) is 2. The van der Waals surface area contributed by atoms with Crippen LogP contribution in [0.4, 0.5) is 11.4 Å². The number of amides is 3. The van der Waals surface area contributed by atoms with Crippen LogP contribution in [0.25, 0.3) is 0 Å². The van der Waals surface area contributed by atoms with E-state index in [0.29, 0.717) is 16.9 Å². The number of hydrogen-bond acceptors (Lipinski definition) is 5. The molecule has 1 aliphatic rings. The molecule has 1 heterocycles. The van der Waals surface area contributed by atoms with Crippen LogP contribution >= 0.6 is 11.6 Å². The van der Waals surface area contributed by atoms with Crippen LogP contribution in [0.2, 0.25) is 5.02 Å². The van der Waals surface area contributed by atoms with E-state index in [-0.39, 0.29) is 35.2 Å². The fourth-order valence-corrected chi connectivity index (χ4v) is 2.81. The third kappa shape index (κ3) is 4.12. The zero-order valence-electron chi connectivity index (χ0n) is 14.8. The lowest BCUT2D eigenvalue weighted by Crippen LogP contribution is -2.50. The Balaban J connectivity index is 1.74. The third-order valence-corrected chi connectivity index (χ3v) is 4.40. The minimum Gasteiger partial charge on any atom is -0.465 e. The number of anilines is 2. The van der Waals surface area contributed by atoms with Gasteiger partial charge in [-0.25, -0.2) is 9.80 Å². The van der Waals surface area contributed by atoms with Crippen LogP contribution in [-0.2, 0) is 14.3 Å². The van der Waals surface area contributed by atoms with Gasteiger partial charge in [0, 0.05) is 24.1 Å². The van der Waals surface area contributed by atoms with Crippen molar-refractivity contribution < 1.29 is 23.9 Å². The van der Waals surface area contributed by atoms with Gasteiger partial charge in [-0.2, -0.15) is 0 Å². The number of halogens is 1. The lowest BCUT2D eigenvalue weighted by Gasteiger charge is -2.27. The summed E-state index contributed by atoms with van der Waals surface area (Å²) in [6, 6.07) is 10.6. The Kier molecular flexibility index (Phi) is 5.60. The van der Waals surface area contributed by atoms with Crippen LogP contribution in [0.3, 0.4) is 0 Å². The maximum Gasteiger partial charge on any atom is 0.339 e. The normalized spacial score (nSPS) is 13.7. The van der Waals surface area contributed by atoms with Gasteiger partial charge in [0.2, 0.25) is 11.8 Å². The molecule has 1 saturated heterocycles. The largest absolute Gasteiger partial charge is 0.465 e. The standard InChI is InChI=1S/C19H16ClN3O5/c1-28-19(27)14-10-12(4-7-15(14)20)21-18(26)11-2-5-13(6-3-11)23-17(25)9-8-16(24)22-23/h2-7,10H,8-9H2,1H3,(H,21,26)(H,22,24). The summed E-state index contributed by atoms with van der Waals surface area (Å²) in [5.41, 5.74) is 3.78. The fraction of sp³-hybridized carbons (Fsp3) is 0.158. The van der Waals surface area contributed by atoms with E-state index in [1.54, 1.807) is 18.2 Å². The van der Waals surface area contributed by atoms with Crippen molar-refractivity contribution in [3.8, 4) is 0 Å². The second-order valence-electron chi connectivity index (χ2n) is 5.95. The van der Waals surface area contributed by atoms with Crippen molar-refractivity contribution in [2.45, 2.75) is 12.8 Å². The molecule has 3 rings (SSSR count). The summed E-state index contributed by atoms with van der Waals surface area (Å²) in [5.74, 6) is -1.50. The van der Waals surface area contributed by atoms with Crippen LogP contribution in [-0.4, -0.2) is 30.8 Å². The molecule has 1 fully saturated rings. The van der Waals surface area contributed by atoms with Crippen LogP contribution in [0.1, 0.15) is 33.6 Å². The van der Waals surface area contributed by atoms with Crippen molar-refractivity contribution >= 4 is 46.7 Å². The highest BCUT2D eigenvalue weighted by molar-refractivity contribution is 6.33. The molecule has 0 bridgehead atoms. The second-order valence-corrected chi connectivity index (χ2v) is 6.36. The van der Waals surface area contributed by atoms with Gasteiger partial charge in [0.05, 0.1) is 23.4 Å². The molecule has 2 N–H and O–H groups in total. The number of ether oxygens (including phenoxy) is 1. The molecule has 0 atom stereocenters. The maximum absolute atomic E-state index is 12.4. The maximum atomic E-state index is 12.4. The Labute approximate surface area is 165 Å². The average Bonchev–Trinajstić information content (AvgIpc) is 2.70. The van der Waals surface area contributed by atoms with Gasteiger partial charge in [-0.1, -0.05) is 11.6 Å². The van der Waals surface area contributed by atoms with Gasteiger partial charge in [-0.05, 0) is 42.5 Å². The monoisotopic (exact) mass is 401 g/mol. The van der Waals surface area contributed by atoms with Crippen molar-refractivity contribution in [3.63, 3.8) is 0 Å². The van der Waals surface area contributed by atoms with Crippen LogP contribution in [0, 0.1) is 0 Å². The molecule has 0 unspecified atom stereocenters. The highest BCUT2D eigenvalue weighted by Crippen LogP contribution is 2.23. The number of rotatable bonds is 4. The molecular formula is C19H16ClN3O5. The Morgan fingerprint density at radius 1 is 1.11 bits per heavy atom. The minimum absolute atomic E-state index is 0.132. The first-order chi connectivity index (χ1) is 13.4. The van der Waals surface area contributed by atoms with Gasteiger partial charge < -0.3 is 10.1 Å². The van der Waals surface area contributed by atoms with Gasteiger partial charge in [0.25, 0.3) is 5.91 Å². The molecule has 3 amide bonds. The number of methoxy groups -OCH3 is 1. The van der Waals surface area contributed by atoms with Gasteiger partial charge in [0.15, 0.2) is 0 Å². The van der Waals surface area contributed by atoms with Crippen molar-refractivity contribution in [3.05, 3.63) is 58.6 Å². The fourth-order valence-electron chi connectivity index (χ4n) is 2.62. The molecule has 2 aromatic rings. The number of nitrogens with one attached hydrogen (secondary N) is 2. The van der Waals surface area contributed by atoms with Crippen LogP contribution in [0.15, 0.2) is 42.5 Å². The smallest absolute Gasteiger partial charge is 0.339 e. The van der Waals surface area contributed by atoms with Crippen LogP contribution in [0.5, 0.6) is 0 Å². The van der Waals surface area contributed by atoms with Crippen molar-refractivity contribution in [2.24, 2.45) is 0 Å². The Hall–Kier alpha value is -3.39. The molecule has 0 aromatic heterocycles. The van der Waals surface area contributed by atoms with Crippen molar-refractivity contribution in [1.29, 1.82) is 0 Å². The van der Waals surface area contributed by atoms with E-state index in [0.717, 1.165) is 5.01 Å². The van der Waals surface area contributed by atoms with E-state index in [9.17, 15) is 19.2 Å². The highest BCUT2D eigenvalue weighted by Gasteiger charge is 2.24. The lowest BCUT2D eigenvalue weighted by atomic mass is 10.1. The Morgan fingerprint density at radius 3 is 2.50 bits per heavy atom. The van der Waals surface area contributed by atoms with E-state index in [1.807, 2.05) is 0 Å². The Morgan fingerprint density at radius 2 is 1.82 bits per heavy atom. The zero-order chi connectivity index (χ0) is 20.3. The molecule has 9 heteroatoms. The predicted molar refractivity (Wildman–Crippen MR) is 102 cm³/mol. The number of esters is 1. The Bertz CT molecular complexity index is 959. The summed E-state index contributed by atoms with van der Waals surface area (Å²) in [4.78, 5) is 47.5. The summed E-state index contributed by atoms with van der Waals surface area (Å²) in [6.07, 6.45) is 0.289. The summed E-state index contributed by atoms with van der Waals surface area (Å²) >= 11 is 5.96. The first-order valence-electron chi connectivity index (χ1n) is 8.31. The molecule has 28 heavy (non-hydrogen) atoms. The number of carbonyl (C=O) groups is 4. The number of carbonyl (C=O) groups excluding carboxylic acids is 4. The molecular weight excluding hydrogens is 386 g/mol. The molecule has 8 nitrogen and oxygen atoms in total. The summed E-state index contributed by atoms with van der Waals surface area (Å²) in [7, 11) is 1.24. The minimum atomic E-state index is -0.612. The molecule has 1 aliphatic heterocycles. The summed E-state index contributed by atoms with van der Waals surface area (Å²) in [6.45, 7) is 0. The third-order valence-electron chi connectivity index (χ3n) is 4.07. The predicted octanol–water partition coefficient (Wildman–Crippen LogP) is 2.54. The average molecular weight is 402 g/mol. The SMILES string of the molecule is COC(=O)c1cc(NC(=O)c2ccc(N3NC(=O)CCC3=O)cc2)ccc1Cl. The first-order valence-corrected chi connectivity index (χ1v) is 8.68. The van der Waals surface area contributed by atoms with Crippen molar-refractivity contribution in [1.82, 2.24) is 5.43 Å². The van der Waals surface area contributed by atoms with E-state index >= 15 is 0 Å². The second kappa shape index (κ2) is 8.10. The topological polar surface area (TPSA) is 105 Å². The molecule has 0 spiro atoms. The summed E-state index contributed by atoms with van der Waals surface area (Å²) < 4.78 is 4.65. The molecule has 0 aliphatic carbocycles. The number of nitrogens with zero attached hydrogens (tertiary/aromatic N) is 1. The molecule has 144 valence electrons. The highest BCUT2D eigenvalue weighted by atomic mass is 35.5. The van der Waals surface area contributed by atoms with Crippen molar-refractivity contribution in [2.75, 3.05) is 17.4 Å². The molecule has 0 radical (unpaired) electrons. The van der Waals surface area contributed by atoms with Gasteiger partial charge >= 0.3 is 5.97 Å². The van der Waals surface area contributed by atoms with E-state index < -0.39 is 11.9 Å². The van der Waals surface area contributed by atoms with E-state index in [1.165, 1.54) is 31.4 Å². The van der Waals surface area contributed by atoms with Gasteiger partial charge in [-0.3, -0.25) is 19.8 Å². The number of benzene rings is 2. The zero-order valence-corrected chi connectivity index (χ0v) is 15.6. The molecule has 0 saturated carbocycles. The van der Waals surface area contributed by atoms with E-state index in [2.05, 4.69) is 15.5 Å². The van der Waals surface area contributed by atoms with Gasteiger partial charge in [0.1, 0.15) is 0 Å². The van der Waals surface area contributed by atoms with E-state index in [4.69, 9.17) is 11.6 Å². The van der Waals surface area contributed by atoms with Crippen LogP contribution < -0.4 is 15.8 Å². The lowest BCUT2D eigenvalue weighted by molar-refractivity contribution is -0.130. The number of hydrazine groups is 1. The molecule has 2 aromatic carbocycles. The summed E-state index contributed by atoms with van der Waals surface area (Å²) in [5, 5.41) is 4.04. The quantitative estimate of drug-likeness (QED) is 0.766. The first kappa shape index (κ1) is 19.4.